The molecule has 7 heteroatoms. The Labute approximate surface area is 193 Å². The number of piperazine rings is 1. The van der Waals surface area contributed by atoms with Crippen LogP contribution in [-0.4, -0.2) is 41.2 Å². The number of halogens is 3. The van der Waals surface area contributed by atoms with E-state index in [1.807, 2.05) is 0 Å². The van der Waals surface area contributed by atoms with Gasteiger partial charge in [0, 0.05) is 54.9 Å². The number of hydrogen-bond acceptors (Lipinski definition) is 4. The molecule has 1 aliphatic heterocycles. The average molecular weight is 464 g/mol. The summed E-state index contributed by atoms with van der Waals surface area (Å²) in [5.41, 5.74) is 4.90. The molecule has 3 nitrogen and oxygen atoms in total. The lowest BCUT2D eigenvalue weighted by Crippen LogP contribution is -2.50. The molecule has 3 rings (SSSR count). The van der Waals surface area contributed by atoms with E-state index in [1.165, 1.54) is 22.9 Å². The third-order valence-corrected chi connectivity index (χ3v) is 6.63. The van der Waals surface area contributed by atoms with Crippen molar-refractivity contribution in [3.05, 3.63) is 70.5 Å². The number of benzene rings is 2. The Balaban J connectivity index is 1.69. The van der Waals surface area contributed by atoms with Crippen molar-refractivity contribution in [2.75, 3.05) is 30.1 Å². The normalized spacial score (nSPS) is 16.8. The molecule has 0 aliphatic carbocycles. The van der Waals surface area contributed by atoms with Crippen molar-refractivity contribution in [2.45, 2.75) is 46.7 Å². The molecule has 1 heterocycles. The van der Waals surface area contributed by atoms with Crippen LogP contribution < -0.4 is 4.72 Å². The Morgan fingerprint density at radius 1 is 1.03 bits per heavy atom. The molecule has 0 radical (unpaired) electrons. The molecule has 1 fully saturated rings. The van der Waals surface area contributed by atoms with Crippen molar-refractivity contribution < 1.29 is 13.2 Å². The molecular weight excluding hydrogens is 431 g/mol. The summed E-state index contributed by atoms with van der Waals surface area (Å²) in [7, 11) is 0. The Bertz CT molecular complexity index is 942. The van der Waals surface area contributed by atoms with Crippen LogP contribution in [0.5, 0.6) is 0 Å². The summed E-state index contributed by atoms with van der Waals surface area (Å²) < 4.78 is 44.3. The van der Waals surface area contributed by atoms with Crippen LogP contribution in [0.1, 0.15) is 45.2 Å². The standard InChI is InChI=1S/C25H32F3N3S/c1-5-14-32-29-21-9-6-19(7-10-21)25(17(2)3)31-13-12-30(15-18(31)4)16-20-8-11-22(26)24(28)23(20)27/h6-11,18,29H,5,12-16H2,1-4H3/t18-/m0/s1. The monoisotopic (exact) mass is 463 g/mol. The Morgan fingerprint density at radius 3 is 2.38 bits per heavy atom. The van der Waals surface area contributed by atoms with Crippen molar-refractivity contribution in [3.63, 3.8) is 0 Å². The maximum atomic E-state index is 14.1. The van der Waals surface area contributed by atoms with Gasteiger partial charge in [0.25, 0.3) is 0 Å². The lowest BCUT2D eigenvalue weighted by Gasteiger charge is -2.43. The topological polar surface area (TPSA) is 18.5 Å². The maximum absolute atomic E-state index is 14.1. The zero-order valence-electron chi connectivity index (χ0n) is 19.2. The average Bonchev–Trinajstić information content (AvgIpc) is 2.77. The fourth-order valence-electron chi connectivity index (χ4n) is 4.11. The van der Waals surface area contributed by atoms with Gasteiger partial charge in [-0.25, -0.2) is 13.2 Å². The van der Waals surface area contributed by atoms with E-state index in [0.29, 0.717) is 13.1 Å². The van der Waals surface area contributed by atoms with Crippen LogP contribution in [0.4, 0.5) is 18.9 Å². The SMILES string of the molecule is CCCSNc1ccc(C(=C(C)C)N2CCN(Cc3ccc(F)c(F)c3F)C[C@@H]2C)cc1. The van der Waals surface area contributed by atoms with E-state index in [2.05, 4.69) is 66.5 Å². The summed E-state index contributed by atoms with van der Waals surface area (Å²) in [6, 6.07) is 11.0. The van der Waals surface area contributed by atoms with Gasteiger partial charge < -0.3 is 9.62 Å². The Hall–Kier alpha value is -2.12. The van der Waals surface area contributed by atoms with E-state index in [-0.39, 0.29) is 18.2 Å². The van der Waals surface area contributed by atoms with E-state index in [0.717, 1.165) is 30.5 Å². The van der Waals surface area contributed by atoms with Crippen LogP contribution in [0, 0.1) is 17.5 Å². The Morgan fingerprint density at radius 2 is 1.75 bits per heavy atom. The second-order valence-electron chi connectivity index (χ2n) is 8.49. The smallest absolute Gasteiger partial charge is 0.194 e. The molecular formula is C25H32F3N3S. The van der Waals surface area contributed by atoms with E-state index in [9.17, 15) is 13.2 Å². The molecule has 0 aromatic heterocycles. The van der Waals surface area contributed by atoms with Gasteiger partial charge in [-0.2, -0.15) is 0 Å². The lowest BCUT2D eigenvalue weighted by atomic mass is 10.0. The van der Waals surface area contributed by atoms with Gasteiger partial charge in [-0.1, -0.05) is 42.6 Å². The minimum atomic E-state index is -1.40. The lowest BCUT2D eigenvalue weighted by molar-refractivity contribution is 0.121. The number of hydrogen-bond donors (Lipinski definition) is 1. The number of nitrogens with zero attached hydrogens (tertiary/aromatic N) is 2. The largest absolute Gasteiger partial charge is 0.366 e. The van der Waals surface area contributed by atoms with E-state index in [4.69, 9.17) is 0 Å². The van der Waals surface area contributed by atoms with Gasteiger partial charge >= 0.3 is 0 Å². The van der Waals surface area contributed by atoms with Gasteiger partial charge in [0.2, 0.25) is 0 Å². The van der Waals surface area contributed by atoms with Gasteiger partial charge in [-0.15, -0.1) is 0 Å². The highest BCUT2D eigenvalue weighted by Gasteiger charge is 2.27. The second kappa shape index (κ2) is 11.1. The van der Waals surface area contributed by atoms with E-state index >= 15 is 0 Å². The van der Waals surface area contributed by atoms with Gasteiger partial charge in [0.1, 0.15) is 0 Å². The minimum absolute atomic E-state index is 0.191. The highest BCUT2D eigenvalue weighted by Crippen LogP contribution is 2.29. The van der Waals surface area contributed by atoms with Crippen LogP contribution in [0.15, 0.2) is 42.0 Å². The predicted molar refractivity (Wildman–Crippen MR) is 129 cm³/mol. The minimum Gasteiger partial charge on any atom is -0.366 e. The van der Waals surface area contributed by atoms with Crippen LogP contribution in [0.2, 0.25) is 0 Å². The second-order valence-corrected chi connectivity index (χ2v) is 9.39. The molecule has 0 bridgehead atoms. The highest BCUT2D eigenvalue weighted by molar-refractivity contribution is 8.00. The molecule has 32 heavy (non-hydrogen) atoms. The number of rotatable bonds is 8. The van der Waals surface area contributed by atoms with Crippen molar-refractivity contribution >= 4 is 23.3 Å². The van der Waals surface area contributed by atoms with Crippen molar-refractivity contribution in [1.82, 2.24) is 9.80 Å². The first kappa shape index (κ1) is 24.5. The molecule has 0 spiro atoms. The number of allylic oxidation sites excluding steroid dienone is 1. The third-order valence-electron chi connectivity index (χ3n) is 5.64. The van der Waals surface area contributed by atoms with Crippen molar-refractivity contribution in [2.24, 2.45) is 0 Å². The van der Waals surface area contributed by atoms with E-state index in [1.54, 1.807) is 11.9 Å². The van der Waals surface area contributed by atoms with Gasteiger partial charge in [-0.3, -0.25) is 4.90 Å². The van der Waals surface area contributed by atoms with Gasteiger partial charge in [0.05, 0.1) is 0 Å². The molecule has 2 aromatic rings. The molecule has 174 valence electrons. The zero-order valence-corrected chi connectivity index (χ0v) is 20.0. The van der Waals surface area contributed by atoms with Crippen molar-refractivity contribution in [3.8, 4) is 0 Å². The zero-order chi connectivity index (χ0) is 23.3. The Kier molecular flexibility index (Phi) is 8.54. The number of nitrogens with one attached hydrogen (secondary N) is 1. The summed E-state index contributed by atoms with van der Waals surface area (Å²) in [5, 5.41) is 0. The molecule has 0 amide bonds. The third kappa shape index (κ3) is 5.81. The first-order valence-electron chi connectivity index (χ1n) is 11.1. The first-order chi connectivity index (χ1) is 15.3. The molecule has 0 saturated carbocycles. The summed E-state index contributed by atoms with van der Waals surface area (Å²) in [5.74, 6) is -2.57. The van der Waals surface area contributed by atoms with Gasteiger partial charge in [-0.05, 0) is 51.0 Å². The van der Waals surface area contributed by atoms with Crippen LogP contribution in [0.25, 0.3) is 5.70 Å². The van der Waals surface area contributed by atoms with E-state index < -0.39 is 17.5 Å². The maximum Gasteiger partial charge on any atom is 0.194 e. The quantitative estimate of drug-likeness (QED) is 0.272. The summed E-state index contributed by atoms with van der Waals surface area (Å²) >= 11 is 1.71. The predicted octanol–water partition coefficient (Wildman–Crippen LogP) is 6.53. The molecule has 1 aliphatic rings. The highest BCUT2D eigenvalue weighted by atomic mass is 32.2. The molecule has 0 unspecified atom stereocenters. The fraction of sp³-hybridized carbons (Fsp3) is 0.440. The fourth-order valence-corrected chi connectivity index (χ4v) is 4.72. The molecule has 1 saturated heterocycles. The molecule has 1 atom stereocenters. The van der Waals surface area contributed by atoms with Crippen molar-refractivity contribution in [1.29, 1.82) is 0 Å². The van der Waals surface area contributed by atoms with Crippen LogP contribution in [0.3, 0.4) is 0 Å². The summed E-state index contributed by atoms with van der Waals surface area (Å²) in [6.45, 7) is 11.0. The molecule has 2 aromatic carbocycles. The van der Waals surface area contributed by atoms with Gasteiger partial charge in [0.15, 0.2) is 17.5 Å². The summed E-state index contributed by atoms with van der Waals surface area (Å²) in [4.78, 5) is 4.49. The summed E-state index contributed by atoms with van der Waals surface area (Å²) in [6.07, 6.45) is 1.13. The van der Waals surface area contributed by atoms with Crippen LogP contribution in [-0.2, 0) is 6.54 Å². The molecule has 1 N–H and O–H groups in total. The number of anilines is 1. The first-order valence-corrected chi connectivity index (χ1v) is 12.1. The van der Waals surface area contributed by atoms with Crippen LogP contribution >= 0.6 is 11.9 Å².